The van der Waals surface area contributed by atoms with Crippen LogP contribution in [0.3, 0.4) is 0 Å². The van der Waals surface area contributed by atoms with Crippen molar-refractivity contribution in [1.82, 2.24) is 4.68 Å². The van der Waals surface area contributed by atoms with E-state index in [0.29, 0.717) is 16.6 Å². The molecule has 3 aromatic rings. The lowest BCUT2D eigenvalue weighted by molar-refractivity contribution is 0.475. The third-order valence-corrected chi connectivity index (χ3v) is 4.99. The summed E-state index contributed by atoms with van der Waals surface area (Å²) in [5, 5.41) is 17.1. The van der Waals surface area contributed by atoms with Gasteiger partial charge in [0.15, 0.2) is 0 Å². The summed E-state index contributed by atoms with van der Waals surface area (Å²) in [5.41, 5.74) is 3.45. The van der Waals surface area contributed by atoms with Gasteiger partial charge in [0.2, 0.25) is 4.80 Å². The van der Waals surface area contributed by atoms with Crippen molar-refractivity contribution in [3.63, 3.8) is 0 Å². The molecule has 2 aromatic carbocycles. The zero-order valence-electron chi connectivity index (χ0n) is 14.6. The Morgan fingerprint density at radius 1 is 1.22 bits per heavy atom. The van der Waals surface area contributed by atoms with Gasteiger partial charge in [0.1, 0.15) is 5.75 Å². The predicted molar refractivity (Wildman–Crippen MR) is 114 cm³/mol. The van der Waals surface area contributed by atoms with Crippen molar-refractivity contribution >= 4 is 40.8 Å². The van der Waals surface area contributed by atoms with Crippen molar-refractivity contribution in [2.24, 2.45) is 10.1 Å². The van der Waals surface area contributed by atoms with Gasteiger partial charge in [-0.25, -0.2) is 4.68 Å². The highest BCUT2D eigenvalue weighted by Crippen LogP contribution is 2.30. The lowest BCUT2D eigenvalue weighted by Gasteiger charge is -2.06. The number of rotatable bonds is 5. The first-order valence-corrected chi connectivity index (χ1v) is 9.72. The molecule has 0 aliphatic carbocycles. The first-order chi connectivity index (χ1) is 12.9. The van der Waals surface area contributed by atoms with E-state index in [2.05, 4.69) is 16.7 Å². The highest BCUT2D eigenvalue weighted by molar-refractivity contribution is 7.07. The molecular formula is C20H17Cl2N3OS. The number of phenolic OH excluding ortho intramolecular Hbond substituents is 1. The van der Waals surface area contributed by atoms with Gasteiger partial charge in [-0.15, -0.1) is 11.3 Å². The summed E-state index contributed by atoms with van der Waals surface area (Å²) in [4.78, 5) is 5.32. The van der Waals surface area contributed by atoms with Crippen LogP contribution in [0.4, 0.5) is 0 Å². The lowest BCUT2D eigenvalue weighted by atomic mass is 10.2. The fourth-order valence-electron chi connectivity index (χ4n) is 2.29. The molecule has 0 spiro atoms. The number of halogens is 2. The number of hydrogen-bond donors (Lipinski definition) is 1. The van der Waals surface area contributed by atoms with Gasteiger partial charge in [-0.3, -0.25) is 4.99 Å². The summed E-state index contributed by atoms with van der Waals surface area (Å²) >= 11 is 13.9. The van der Waals surface area contributed by atoms with Crippen molar-refractivity contribution < 1.29 is 5.11 Å². The minimum Gasteiger partial charge on any atom is -0.508 e. The van der Waals surface area contributed by atoms with Gasteiger partial charge in [-0.05, 0) is 55.0 Å². The molecule has 27 heavy (non-hydrogen) atoms. The van der Waals surface area contributed by atoms with E-state index < -0.39 is 0 Å². The normalized spacial score (nSPS) is 12.0. The Morgan fingerprint density at radius 2 is 1.96 bits per heavy atom. The maximum absolute atomic E-state index is 9.42. The highest BCUT2D eigenvalue weighted by atomic mass is 35.5. The third kappa shape index (κ3) is 4.89. The van der Waals surface area contributed by atoms with Gasteiger partial charge in [-0.1, -0.05) is 35.4 Å². The number of thiazole rings is 1. The molecule has 0 radical (unpaired) electrons. The van der Waals surface area contributed by atoms with Gasteiger partial charge < -0.3 is 5.11 Å². The molecule has 1 N–H and O–H groups in total. The summed E-state index contributed by atoms with van der Waals surface area (Å²) in [6, 6.07) is 12.2. The largest absolute Gasteiger partial charge is 0.508 e. The number of aromatic hydroxyl groups is 1. The zero-order chi connectivity index (χ0) is 19.4. The Labute approximate surface area is 171 Å². The summed E-state index contributed by atoms with van der Waals surface area (Å²) in [7, 11) is 0. The number of phenols is 1. The van der Waals surface area contributed by atoms with Crippen LogP contribution < -0.4 is 4.80 Å². The molecule has 138 valence electrons. The molecule has 3 rings (SSSR count). The number of hydrogen-bond acceptors (Lipinski definition) is 4. The fourth-order valence-corrected chi connectivity index (χ4v) is 3.62. The first-order valence-electron chi connectivity index (χ1n) is 8.08. The summed E-state index contributed by atoms with van der Waals surface area (Å²) < 4.78 is 1.75. The molecule has 0 saturated heterocycles. The van der Waals surface area contributed by atoms with Gasteiger partial charge >= 0.3 is 0 Å². The maximum Gasteiger partial charge on any atom is 0.206 e. The maximum atomic E-state index is 9.42. The molecular weight excluding hydrogens is 401 g/mol. The van der Waals surface area contributed by atoms with E-state index in [1.54, 1.807) is 47.3 Å². The van der Waals surface area contributed by atoms with Crippen molar-refractivity contribution in [3.05, 3.63) is 80.4 Å². The van der Waals surface area contributed by atoms with Gasteiger partial charge in [0, 0.05) is 16.0 Å². The van der Waals surface area contributed by atoms with E-state index >= 15 is 0 Å². The predicted octanol–water partition coefficient (Wildman–Crippen LogP) is 5.59. The molecule has 1 heterocycles. The molecule has 4 nitrogen and oxygen atoms in total. The molecule has 0 bridgehead atoms. The van der Waals surface area contributed by atoms with Crippen molar-refractivity contribution in [2.75, 3.05) is 6.54 Å². The van der Waals surface area contributed by atoms with Crippen molar-refractivity contribution in [1.29, 1.82) is 0 Å². The number of benzene rings is 2. The van der Waals surface area contributed by atoms with Crippen LogP contribution in [0.15, 0.2) is 70.1 Å². The van der Waals surface area contributed by atoms with Crippen LogP contribution in [0.25, 0.3) is 11.3 Å². The SMILES string of the molecule is C=C(C)CN=c1scc(-c2ccc(Cl)cc2Cl)n1N=Cc1ccc(O)cc1. The van der Waals surface area contributed by atoms with E-state index in [4.69, 9.17) is 23.2 Å². The first kappa shape index (κ1) is 19.4. The molecule has 7 heteroatoms. The van der Waals surface area contributed by atoms with E-state index in [1.807, 2.05) is 18.4 Å². The van der Waals surface area contributed by atoms with Crippen LogP contribution in [0.2, 0.25) is 10.0 Å². The van der Waals surface area contributed by atoms with Gasteiger partial charge in [0.05, 0.1) is 23.5 Å². The smallest absolute Gasteiger partial charge is 0.206 e. The molecule has 0 aliphatic heterocycles. The Bertz CT molecular complexity index is 1070. The fraction of sp³-hybridized carbons (Fsp3) is 0.100. The molecule has 1 aromatic heterocycles. The number of aromatic nitrogens is 1. The standard InChI is InChI=1S/C20H17Cl2N3OS/c1-13(2)10-23-20-25(24-11-14-3-6-16(26)7-4-14)19(12-27-20)17-8-5-15(21)9-18(17)22/h3-9,11-12,26H,1,10H2,2H3. The average Bonchev–Trinajstić information content (AvgIpc) is 3.02. The monoisotopic (exact) mass is 417 g/mol. The van der Waals surface area contributed by atoms with Crippen molar-refractivity contribution in [2.45, 2.75) is 6.92 Å². The molecule has 0 unspecified atom stereocenters. The summed E-state index contributed by atoms with van der Waals surface area (Å²) in [6.07, 6.45) is 1.71. The van der Waals surface area contributed by atoms with E-state index in [9.17, 15) is 5.11 Å². The molecule has 0 saturated carbocycles. The van der Waals surface area contributed by atoms with E-state index in [1.165, 1.54) is 11.3 Å². The topological polar surface area (TPSA) is 49.9 Å². The quantitative estimate of drug-likeness (QED) is 0.426. The second-order valence-electron chi connectivity index (χ2n) is 5.95. The van der Waals surface area contributed by atoms with Crippen LogP contribution in [-0.2, 0) is 0 Å². The summed E-state index contributed by atoms with van der Waals surface area (Å²) in [6.45, 7) is 6.34. The second kappa shape index (κ2) is 8.57. The lowest BCUT2D eigenvalue weighted by Crippen LogP contribution is -2.13. The zero-order valence-corrected chi connectivity index (χ0v) is 16.9. The van der Waals surface area contributed by atoms with Crippen molar-refractivity contribution in [3.8, 4) is 17.0 Å². The van der Waals surface area contributed by atoms with Crippen LogP contribution in [0.1, 0.15) is 12.5 Å². The molecule has 0 atom stereocenters. The van der Waals surface area contributed by atoms with E-state index in [-0.39, 0.29) is 5.75 Å². The van der Waals surface area contributed by atoms with Crippen LogP contribution >= 0.6 is 34.5 Å². The molecule has 0 amide bonds. The molecule has 0 aliphatic rings. The van der Waals surface area contributed by atoms with Gasteiger partial charge in [-0.2, -0.15) is 5.10 Å². The summed E-state index contributed by atoms with van der Waals surface area (Å²) in [5.74, 6) is 0.209. The highest BCUT2D eigenvalue weighted by Gasteiger charge is 2.11. The van der Waals surface area contributed by atoms with Crippen LogP contribution in [0, 0.1) is 0 Å². The molecule has 0 fully saturated rings. The van der Waals surface area contributed by atoms with Crippen LogP contribution in [-0.4, -0.2) is 22.5 Å². The third-order valence-electron chi connectivity index (χ3n) is 3.59. The second-order valence-corrected chi connectivity index (χ2v) is 7.63. The van der Waals surface area contributed by atoms with Gasteiger partial charge in [0.25, 0.3) is 0 Å². The Kier molecular flexibility index (Phi) is 6.16. The average molecular weight is 418 g/mol. The Morgan fingerprint density at radius 3 is 2.63 bits per heavy atom. The minimum atomic E-state index is 0.209. The Hall–Kier alpha value is -2.34. The minimum absolute atomic E-state index is 0.209. The van der Waals surface area contributed by atoms with E-state index in [0.717, 1.165) is 27.2 Å². The Balaban J connectivity index is 2.10. The van der Waals surface area contributed by atoms with Crippen LogP contribution in [0.5, 0.6) is 5.75 Å². The number of nitrogens with zero attached hydrogens (tertiary/aromatic N) is 3.